The summed E-state index contributed by atoms with van der Waals surface area (Å²) >= 11 is 1.67. The number of aryl methyl sites for hydroxylation is 2. The third-order valence-corrected chi connectivity index (χ3v) is 5.20. The van der Waals surface area contributed by atoms with Gasteiger partial charge in [-0.2, -0.15) is 0 Å². The first kappa shape index (κ1) is 14.3. The van der Waals surface area contributed by atoms with Crippen LogP contribution in [0.2, 0.25) is 0 Å². The summed E-state index contributed by atoms with van der Waals surface area (Å²) in [5, 5.41) is 4.25. The minimum Gasteiger partial charge on any atom is -0.360 e. The average molecular weight is 304 g/mol. The number of aromatic nitrogens is 2. The number of hydrogen-bond donors (Lipinski definition) is 1. The monoisotopic (exact) mass is 304 g/mol. The predicted octanol–water partition coefficient (Wildman–Crippen LogP) is 2.73. The number of rotatable bonds is 3. The summed E-state index contributed by atoms with van der Waals surface area (Å²) in [4.78, 5) is 25.0. The SMILES string of the molecule is Cc1sc2ncnc(NCC(=O)N3CCCCC3)c2c1C. The number of piperidine rings is 1. The van der Waals surface area contributed by atoms with Gasteiger partial charge in [0.15, 0.2) is 0 Å². The Morgan fingerprint density at radius 2 is 2.05 bits per heavy atom. The molecule has 0 aliphatic carbocycles. The Morgan fingerprint density at radius 1 is 1.29 bits per heavy atom. The molecule has 3 rings (SSSR count). The Balaban J connectivity index is 1.74. The molecule has 0 saturated carbocycles. The van der Waals surface area contributed by atoms with Crippen LogP contribution in [-0.2, 0) is 4.79 Å². The van der Waals surface area contributed by atoms with E-state index in [0.717, 1.165) is 42.0 Å². The zero-order valence-corrected chi connectivity index (χ0v) is 13.3. The van der Waals surface area contributed by atoms with Crippen molar-refractivity contribution < 1.29 is 4.79 Å². The molecular formula is C15H20N4OS. The fourth-order valence-corrected chi connectivity index (χ4v) is 3.73. The summed E-state index contributed by atoms with van der Waals surface area (Å²) in [6.45, 7) is 6.24. The number of carbonyl (C=O) groups excluding carboxylic acids is 1. The van der Waals surface area contributed by atoms with Gasteiger partial charge in [-0.1, -0.05) is 0 Å². The predicted molar refractivity (Wildman–Crippen MR) is 85.8 cm³/mol. The molecule has 1 aliphatic heterocycles. The van der Waals surface area contributed by atoms with E-state index < -0.39 is 0 Å². The van der Waals surface area contributed by atoms with Crippen molar-refractivity contribution in [2.24, 2.45) is 0 Å². The van der Waals surface area contributed by atoms with Crippen LogP contribution >= 0.6 is 11.3 Å². The quantitative estimate of drug-likeness (QED) is 0.947. The van der Waals surface area contributed by atoms with Gasteiger partial charge in [-0.15, -0.1) is 11.3 Å². The average Bonchev–Trinajstić information content (AvgIpc) is 2.81. The lowest BCUT2D eigenvalue weighted by Crippen LogP contribution is -2.39. The Kier molecular flexibility index (Phi) is 4.05. The molecule has 3 heterocycles. The number of nitrogens with one attached hydrogen (secondary N) is 1. The van der Waals surface area contributed by atoms with Crippen LogP contribution in [-0.4, -0.2) is 40.4 Å². The number of anilines is 1. The fraction of sp³-hybridized carbons (Fsp3) is 0.533. The molecule has 0 radical (unpaired) electrons. The van der Waals surface area contributed by atoms with E-state index in [9.17, 15) is 4.79 Å². The highest BCUT2D eigenvalue weighted by Gasteiger charge is 2.17. The first-order valence-electron chi connectivity index (χ1n) is 7.39. The van der Waals surface area contributed by atoms with Crippen LogP contribution < -0.4 is 5.32 Å². The van der Waals surface area contributed by atoms with E-state index in [1.165, 1.54) is 16.9 Å². The summed E-state index contributed by atoms with van der Waals surface area (Å²) in [6.07, 6.45) is 5.03. The molecule has 0 unspecified atom stereocenters. The van der Waals surface area contributed by atoms with Crippen LogP contribution in [0.5, 0.6) is 0 Å². The Bertz CT molecular complexity index is 661. The van der Waals surface area contributed by atoms with E-state index in [0.29, 0.717) is 6.54 Å². The topological polar surface area (TPSA) is 58.1 Å². The van der Waals surface area contributed by atoms with Crippen LogP contribution in [0.1, 0.15) is 29.7 Å². The summed E-state index contributed by atoms with van der Waals surface area (Å²) < 4.78 is 0. The van der Waals surface area contributed by atoms with Crippen LogP contribution in [0.25, 0.3) is 10.2 Å². The molecule has 21 heavy (non-hydrogen) atoms. The normalized spacial score (nSPS) is 15.4. The third kappa shape index (κ3) is 2.85. The van der Waals surface area contributed by atoms with Crippen LogP contribution in [0.4, 0.5) is 5.82 Å². The second kappa shape index (κ2) is 5.97. The molecule has 0 bridgehead atoms. The Hall–Kier alpha value is -1.69. The molecule has 1 N–H and O–H groups in total. The standard InChI is InChI=1S/C15H20N4OS/c1-10-11(2)21-15-13(10)14(17-9-18-15)16-8-12(20)19-6-4-3-5-7-19/h9H,3-8H2,1-2H3,(H,16,17,18). The minimum absolute atomic E-state index is 0.158. The number of likely N-dealkylation sites (tertiary alicyclic amines) is 1. The van der Waals surface area contributed by atoms with E-state index in [1.54, 1.807) is 17.7 Å². The molecule has 2 aromatic rings. The van der Waals surface area contributed by atoms with Crippen molar-refractivity contribution in [3.8, 4) is 0 Å². The van der Waals surface area contributed by atoms with E-state index in [2.05, 4.69) is 29.1 Å². The number of carbonyl (C=O) groups is 1. The van der Waals surface area contributed by atoms with Crippen LogP contribution in [0.15, 0.2) is 6.33 Å². The lowest BCUT2D eigenvalue weighted by molar-refractivity contribution is -0.130. The molecule has 112 valence electrons. The summed E-state index contributed by atoms with van der Waals surface area (Å²) in [7, 11) is 0. The lowest BCUT2D eigenvalue weighted by atomic mass is 10.1. The molecule has 1 aliphatic rings. The molecule has 2 aromatic heterocycles. The van der Waals surface area contributed by atoms with Gasteiger partial charge in [-0.3, -0.25) is 4.79 Å². The minimum atomic E-state index is 0.158. The van der Waals surface area contributed by atoms with Crippen molar-refractivity contribution in [2.45, 2.75) is 33.1 Å². The van der Waals surface area contributed by atoms with Crippen molar-refractivity contribution in [2.75, 3.05) is 25.0 Å². The van der Waals surface area contributed by atoms with Crippen molar-refractivity contribution in [1.29, 1.82) is 0 Å². The molecule has 0 aromatic carbocycles. The van der Waals surface area contributed by atoms with Gasteiger partial charge in [0.1, 0.15) is 17.0 Å². The maximum atomic E-state index is 12.2. The van der Waals surface area contributed by atoms with Gasteiger partial charge < -0.3 is 10.2 Å². The van der Waals surface area contributed by atoms with Crippen molar-refractivity contribution in [3.05, 3.63) is 16.8 Å². The van der Waals surface area contributed by atoms with Gasteiger partial charge in [0.2, 0.25) is 5.91 Å². The van der Waals surface area contributed by atoms with E-state index in [4.69, 9.17) is 0 Å². The molecule has 1 amide bonds. The maximum Gasteiger partial charge on any atom is 0.241 e. The molecule has 1 fully saturated rings. The highest BCUT2D eigenvalue weighted by atomic mass is 32.1. The number of thiophene rings is 1. The number of nitrogens with zero attached hydrogens (tertiary/aromatic N) is 3. The summed E-state index contributed by atoms with van der Waals surface area (Å²) in [6, 6.07) is 0. The first-order valence-corrected chi connectivity index (χ1v) is 8.21. The second-order valence-electron chi connectivity index (χ2n) is 5.48. The molecular weight excluding hydrogens is 284 g/mol. The molecule has 0 spiro atoms. The lowest BCUT2D eigenvalue weighted by Gasteiger charge is -2.26. The number of amides is 1. The van der Waals surface area contributed by atoms with Crippen LogP contribution in [0, 0.1) is 13.8 Å². The smallest absolute Gasteiger partial charge is 0.241 e. The number of fused-ring (bicyclic) bond motifs is 1. The van der Waals surface area contributed by atoms with Crippen LogP contribution in [0.3, 0.4) is 0 Å². The van der Waals surface area contributed by atoms with Crippen molar-refractivity contribution in [1.82, 2.24) is 14.9 Å². The molecule has 6 heteroatoms. The van der Waals surface area contributed by atoms with Gasteiger partial charge in [0.05, 0.1) is 11.9 Å². The Labute approximate surface area is 128 Å². The summed E-state index contributed by atoms with van der Waals surface area (Å²) in [5.41, 5.74) is 1.20. The number of hydrogen-bond acceptors (Lipinski definition) is 5. The van der Waals surface area contributed by atoms with Gasteiger partial charge in [-0.25, -0.2) is 9.97 Å². The molecule has 5 nitrogen and oxygen atoms in total. The second-order valence-corrected chi connectivity index (χ2v) is 6.68. The molecule has 0 atom stereocenters. The summed E-state index contributed by atoms with van der Waals surface area (Å²) in [5.74, 6) is 0.929. The molecule has 1 saturated heterocycles. The van der Waals surface area contributed by atoms with Crippen molar-refractivity contribution >= 4 is 33.3 Å². The van der Waals surface area contributed by atoms with E-state index >= 15 is 0 Å². The van der Waals surface area contributed by atoms with Gasteiger partial charge in [0.25, 0.3) is 0 Å². The largest absolute Gasteiger partial charge is 0.360 e. The van der Waals surface area contributed by atoms with Gasteiger partial charge in [0, 0.05) is 18.0 Å². The fourth-order valence-electron chi connectivity index (χ4n) is 2.73. The maximum absolute atomic E-state index is 12.2. The van der Waals surface area contributed by atoms with Gasteiger partial charge >= 0.3 is 0 Å². The zero-order valence-electron chi connectivity index (χ0n) is 12.5. The van der Waals surface area contributed by atoms with Gasteiger partial charge in [-0.05, 0) is 38.7 Å². The first-order chi connectivity index (χ1) is 10.2. The zero-order chi connectivity index (χ0) is 14.8. The van der Waals surface area contributed by atoms with E-state index in [1.807, 2.05) is 4.90 Å². The third-order valence-electron chi connectivity index (χ3n) is 4.08. The van der Waals surface area contributed by atoms with Crippen molar-refractivity contribution in [3.63, 3.8) is 0 Å². The Morgan fingerprint density at radius 3 is 2.81 bits per heavy atom. The van der Waals surface area contributed by atoms with E-state index in [-0.39, 0.29) is 5.91 Å². The highest BCUT2D eigenvalue weighted by Crippen LogP contribution is 2.32. The highest BCUT2D eigenvalue weighted by molar-refractivity contribution is 7.18.